The van der Waals surface area contributed by atoms with Gasteiger partial charge < -0.3 is 5.11 Å². The summed E-state index contributed by atoms with van der Waals surface area (Å²) in [5.41, 5.74) is 2.41. The molecule has 7 nitrogen and oxygen atoms in total. The number of pyridine rings is 2. The highest BCUT2D eigenvalue weighted by atomic mass is 32.2. The number of aromatic nitrogens is 2. The predicted octanol–water partition coefficient (Wildman–Crippen LogP) is 1.67. The monoisotopic (exact) mass is 361 g/mol. The van der Waals surface area contributed by atoms with Crippen LogP contribution in [0.4, 0.5) is 0 Å². The largest absolute Gasteiger partial charge is 0.478 e. The van der Waals surface area contributed by atoms with Gasteiger partial charge in [-0.3, -0.25) is 9.97 Å². The zero-order valence-corrected chi connectivity index (χ0v) is 14.6. The fourth-order valence-corrected chi connectivity index (χ4v) is 4.04. The van der Waals surface area contributed by atoms with Gasteiger partial charge in [0.05, 0.1) is 17.5 Å². The van der Waals surface area contributed by atoms with Crippen molar-refractivity contribution in [1.29, 1.82) is 0 Å². The van der Waals surface area contributed by atoms with Crippen molar-refractivity contribution in [3.8, 4) is 11.3 Å². The summed E-state index contributed by atoms with van der Waals surface area (Å²) in [5, 5.41) is 9.14. The van der Waals surface area contributed by atoms with Crippen molar-refractivity contribution >= 4 is 16.0 Å². The number of nitrogens with zero attached hydrogens (tertiary/aromatic N) is 3. The molecule has 0 aromatic carbocycles. The molecule has 0 amide bonds. The van der Waals surface area contributed by atoms with Gasteiger partial charge in [0.2, 0.25) is 10.0 Å². The SMILES string of the molecule is CS(=O)(=O)N1CC[C@H](Cc2cccnc2-c2cncc(C(=O)O)c2)C1. The molecular weight excluding hydrogens is 342 g/mol. The Labute approximate surface area is 146 Å². The number of carbonyl (C=O) groups is 1. The lowest BCUT2D eigenvalue weighted by Crippen LogP contribution is -2.27. The zero-order chi connectivity index (χ0) is 18.0. The number of rotatable bonds is 5. The molecule has 1 N–H and O–H groups in total. The average Bonchev–Trinajstić information content (AvgIpc) is 3.04. The molecular formula is C17H19N3O4S. The molecule has 1 atom stereocenters. The minimum Gasteiger partial charge on any atom is -0.478 e. The molecule has 8 heteroatoms. The molecule has 1 aliphatic rings. The maximum atomic E-state index is 11.7. The minimum absolute atomic E-state index is 0.109. The summed E-state index contributed by atoms with van der Waals surface area (Å²) < 4.78 is 24.8. The highest BCUT2D eigenvalue weighted by molar-refractivity contribution is 7.88. The van der Waals surface area contributed by atoms with Gasteiger partial charge in [-0.05, 0) is 36.5 Å². The lowest BCUT2D eigenvalue weighted by atomic mass is 9.95. The molecule has 1 aliphatic heterocycles. The maximum Gasteiger partial charge on any atom is 0.337 e. The van der Waals surface area contributed by atoms with Crippen molar-refractivity contribution in [2.45, 2.75) is 12.8 Å². The lowest BCUT2D eigenvalue weighted by molar-refractivity contribution is 0.0696. The average molecular weight is 361 g/mol. The standard InChI is InChI=1S/C17H19N3O4S/c1-25(23,24)20-6-4-12(11-20)7-13-3-2-5-19-16(13)14-8-15(17(21)22)10-18-9-14/h2-3,5,8-10,12H,4,6-7,11H2,1H3,(H,21,22)/t12-/m1/s1. The first-order chi connectivity index (χ1) is 11.8. The first-order valence-corrected chi connectivity index (χ1v) is 9.77. The number of hydrogen-bond donors (Lipinski definition) is 1. The molecule has 3 heterocycles. The van der Waals surface area contributed by atoms with Crippen LogP contribution in [0.15, 0.2) is 36.8 Å². The minimum atomic E-state index is -3.16. The summed E-state index contributed by atoms with van der Waals surface area (Å²) in [4.78, 5) is 19.5. The molecule has 1 saturated heterocycles. The molecule has 0 spiro atoms. The molecule has 25 heavy (non-hydrogen) atoms. The molecule has 0 saturated carbocycles. The van der Waals surface area contributed by atoms with Crippen molar-refractivity contribution in [3.63, 3.8) is 0 Å². The number of hydrogen-bond acceptors (Lipinski definition) is 5. The highest BCUT2D eigenvalue weighted by Crippen LogP contribution is 2.28. The Hall–Kier alpha value is -2.32. The smallest absolute Gasteiger partial charge is 0.337 e. The Morgan fingerprint density at radius 3 is 2.88 bits per heavy atom. The Balaban J connectivity index is 1.85. The van der Waals surface area contributed by atoms with E-state index >= 15 is 0 Å². The highest BCUT2D eigenvalue weighted by Gasteiger charge is 2.29. The Morgan fingerprint density at radius 2 is 2.20 bits per heavy atom. The third-order valence-electron chi connectivity index (χ3n) is 4.38. The van der Waals surface area contributed by atoms with Crippen LogP contribution >= 0.6 is 0 Å². The molecule has 2 aromatic heterocycles. The van der Waals surface area contributed by atoms with Gasteiger partial charge in [-0.1, -0.05) is 6.07 Å². The molecule has 3 rings (SSSR count). The summed E-state index contributed by atoms with van der Waals surface area (Å²) in [7, 11) is -3.16. The van der Waals surface area contributed by atoms with Crippen LogP contribution in [0, 0.1) is 5.92 Å². The second-order valence-corrected chi connectivity index (χ2v) is 8.24. The first kappa shape index (κ1) is 17.5. The second-order valence-electron chi connectivity index (χ2n) is 6.26. The van der Waals surface area contributed by atoms with E-state index in [1.54, 1.807) is 18.5 Å². The summed E-state index contributed by atoms with van der Waals surface area (Å²) in [6.07, 6.45) is 7.27. The van der Waals surface area contributed by atoms with E-state index in [0.29, 0.717) is 30.8 Å². The van der Waals surface area contributed by atoms with Gasteiger partial charge in [0.15, 0.2) is 0 Å². The van der Waals surface area contributed by atoms with Crippen molar-refractivity contribution in [1.82, 2.24) is 14.3 Å². The van der Waals surface area contributed by atoms with Crippen molar-refractivity contribution in [2.24, 2.45) is 5.92 Å². The fraction of sp³-hybridized carbons (Fsp3) is 0.353. The van der Waals surface area contributed by atoms with Crippen LogP contribution in [0.2, 0.25) is 0 Å². The normalized spacial score (nSPS) is 18.4. The van der Waals surface area contributed by atoms with Crippen molar-refractivity contribution in [2.75, 3.05) is 19.3 Å². The van der Waals surface area contributed by atoms with E-state index < -0.39 is 16.0 Å². The Bertz CT molecular complexity index is 898. The number of carboxylic acids is 1. The summed E-state index contributed by atoms with van der Waals surface area (Å²) in [5.74, 6) is -0.820. The Kier molecular flexibility index (Phi) is 4.82. The molecule has 0 radical (unpaired) electrons. The van der Waals surface area contributed by atoms with Gasteiger partial charge in [-0.15, -0.1) is 0 Å². The molecule has 2 aromatic rings. The molecule has 1 fully saturated rings. The van der Waals surface area contributed by atoms with Crippen LogP contribution < -0.4 is 0 Å². The van der Waals surface area contributed by atoms with Gasteiger partial charge in [0.1, 0.15) is 0 Å². The third kappa shape index (κ3) is 4.02. The summed E-state index contributed by atoms with van der Waals surface area (Å²) in [6.45, 7) is 1.04. The molecule has 132 valence electrons. The van der Waals surface area contributed by atoms with Crippen LogP contribution in [0.1, 0.15) is 22.3 Å². The Morgan fingerprint density at radius 1 is 1.40 bits per heavy atom. The summed E-state index contributed by atoms with van der Waals surface area (Å²) in [6, 6.07) is 5.33. The van der Waals surface area contributed by atoms with E-state index in [4.69, 9.17) is 5.11 Å². The molecule has 0 bridgehead atoms. The van der Waals surface area contributed by atoms with E-state index in [-0.39, 0.29) is 11.5 Å². The molecule has 0 unspecified atom stereocenters. The van der Waals surface area contributed by atoms with E-state index in [9.17, 15) is 13.2 Å². The van der Waals surface area contributed by atoms with Crippen LogP contribution in [-0.2, 0) is 16.4 Å². The van der Waals surface area contributed by atoms with Gasteiger partial charge >= 0.3 is 5.97 Å². The van der Waals surface area contributed by atoms with Crippen LogP contribution in [-0.4, -0.2) is 53.1 Å². The van der Waals surface area contributed by atoms with E-state index in [1.807, 2.05) is 12.1 Å². The van der Waals surface area contributed by atoms with Gasteiger partial charge in [-0.25, -0.2) is 17.5 Å². The van der Waals surface area contributed by atoms with Crippen LogP contribution in [0.25, 0.3) is 11.3 Å². The van der Waals surface area contributed by atoms with Crippen LogP contribution in [0.3, 0.4) is 0 Å². The maximum absolute atomic E-state index is 11.7. The lowest BCUT2D eigenvalue weighted by Gasteiger charge is -2.15. The number of aromatic carboxylic acids is 1. The number of carboxylic acid groups (broad SMARTS) is 1. The first-order valence-electron chi connectivity index (χ1n) is 7.92. The van der Waals surface area contributed by atoms with Crippen LogP contribution in [0.5, 0.6) is 0 Å². The zero-order valence-electron chi connectivity index (χ0n) is 13.8. The van der Waals surface area contributed by atoms with E-state index in [2.05, 4.69) is 9.97 Å². The van der Waals surface area contributed by atoms with Gasteiger partial charge in [-0.2, -0.15) is 0 Å². The van der Waals surface area contributed by atoms with E-state index in [1.165, 1.54) is 16.8 Å². The third-order valence-corrected chi connectivity index (χ3v) is 5.65. The van der Waals surface area contributed by atoms with E-state index in [0.717, 1.165) is 12.0 Å². The number of sulfonamides is 1. The fourth-order valence-electron chi connectivity index (χ4n) is 3.13. The van der Waals surface area contributed by atoms with Crippen molar-refractivity contribution < 1.29 is 18.3 Å². The molecule has 0 aliphatic carbocycles. The topological polar surface area (TPSA) is 100 Å². The second kappa shape index (κ2) is 6.89. The van der Waals surface area contributed by atoms with Gasteiger partial charge in [0, 0.05) is 37.2 Å². The predicted molar refractivity (Wildman–Crippen MR) is 92.7 cm³/mol. The van der Waals surface area contributed by atoms with Crippen molar-refractivity contribution in [3.05, 3.63) is 47.9 Å². The summed E-state index contributed by atoms with van der Waals surface area (Å²) >= 11 is 0. The van der Waals surface area contributed by atoms with Gasteiger partial charge in [0.25, 0.3) is 0 Å². The quantitative estimate of drug-likeness (QED) is 0.869.